The van der Waals surface area contributed by atoms with E-state index in [0.29, 0.717) is 23.9 Å². The minimum absolute atomic E-state index is 0.127. The van der Waals surface area contributed by atoms with Crippen LogP contribution in [0.5, 0.6) is 5.75 Å². The van der Waals surface area contributed by atoms with E-state index in [4.69, 9.17) is 4.99 Å². The van der Waals surface area contributed by atoms with Crippen molar-refractivity contribution in [1.82, 2.24) is 10.6 Å². The standard InChI is InChI=1S/C34H44N6O2/c1-5-7-8-12-23-35-26(4)37-34(39-30-19-21-31(41)22-20-30)40-32(25(3)6-2)38-29-17-15-28(16-18-29)33(42)36-24-27-13-10-9-11-14-27/h9-11,13-22,38,41H,5-8,12,23-24H2,1-4H3,(H,36,42)(H2,35,37,39,40)/b32-25+. The first-order valence-electron chi connectivity index (χ1n) is 14.7. The summed E-state index contributed by atoms with van der Waals surface area (Å²) >= 11 is 0. The summed E-state index contributed by atoms with van der Waals surface area (Å²) in [6, 6.07) is 24.0. The molecule has 3 aromatic rings. The number of phenols is 1. The maximum absolute atomic E-state index is 12.7. The van der Waals surface area contributed by atoms with Crippen LogP contribution >= 0.6 is 0 Å². The number of amidine groups is 1. The Kier molecular flexibility index (Phi) is 13.1. The summed E-state index contributed by atoms with van der Waals surface area (Å²) in [6.45, 7) is 9.47. The molecule has 1 amide bonds. The average Bonchev–Trinajstić information content (AvgIpc) is 3.01. The molecule has 42 heavy (non-hydrogen) atoms. The van der Waals surface area contributed by atoms with Crippen LogP contribution in [0.2, 0.25) is 0 Å². The van der Waals surface area contributed by atoms with Crippen LogP contribution in [0, 0.1) is 0 Å². The SMILES string of the molecule is CCCCCCN=C(C)N/C(=N\C(Nc1ccc(C(=O)NCc2ccccc2)cc1)=C(/C)CC)Nc1ccc(O)cc1. The first-order valence-corrected chi connectivity index (χ1v) is 14.7. The average molecular weight is 569 g/mol. The Morgan fingerprint density at radius 3 is 2.14 bits per heavy atom. The van der Waals surface area contributed by atoms with Gasteiger partial charge in [0, 0.05) is 30.0 Å². The number of benzene rings is 3. The number of nitrogens with one attached hydrogen (secondary N) is 4. The third kappa shape index (κ3) is 11.1. The van der Waals surface area contributed by atoms with Gasteiger partial charge in [-0.25, -0.2) is 0 Å². The number of guanidine groups is 1. The number of hydrogen-bond donors (Lipinski definition) is 5. The van der Waals surface area contributed by atoms with Gasteiger partial charge in [0.1, 0.15) is 11.6 Å². The maximum Gasteiger partial charge on any atom is 0.251 e. The molecule has 0 saturated heterocycles. The third-order valence-electron chi connectivity index (χ3n) is 6.65. The minimum atomic E-state index is -0.127. The number of rotatable bonds is 13. The third-order valence-corrected chi connectivity index (χ3v) is 6.65. The van der Waals surface area contributed by atoms with Crippen molar-refractivity contribution < 1.29 is 9.90 Å². The lowest BCUT2D eigenvalue weighted by Gasteiger charge is -2.16. The van der Waals surface area contributed by atoms with Gasteiger partial charge in [-0.3, -0.25) is 9.79 Å². The predicted molar refractivity (Wildman–Crippen MR) is 175 cm³/mol. The molecule has 0 fully saturated rings. The van der Waals surface area contributed by atoms with Crippen molar-refractivity contribution in [2.45, 2.75) is 66.3 Å². The predicted octanol–water partition coefficient (Wildman–Crippen LogP) is 7.43. The van der Waals surface area contributed by atoms with Crippen LogP contribution in [0.1, 0.15) is 75.7 Å². The van der Waals surface area contributed by atoms with E-state index in [0.717, 1.165) is 47.7 Å². The Bertz CT molecular complexity index is 1350. The van der Waals surface area contributed by atoms with Crippen molar-refractivity contribution in [3.63, 3.8) is 0 Å². The molecule has 3 rings (SSSR count). The molecular formula is C34H44N6O2. The van der Waals surface area contributed by atoms with Crippen molar-refractivity contribution in [3.05, 3.63) is 101 Å². The lowest BCUT2D eigenvalue weighted by molar-refractivity contribution is 0.0951. The highest BCUT2D eigenvalue weighted by atomic mass is 16.3. The highest BCUT2D eigenvalue weighted by molar-refractivity contribution is 6.05. The number of anilines is 2. The highest BCUT2D eigenvalue weighted by Crippen LogP contribution is 2.18. The normalized spacial score (nSPS) is 12.4. The Morgan fingerprint density at radius 1 is 0.810 bits per heavy atom. The molecule has 0 spiro atoms. The Morgan fingerprint density at radius 2 is 1.48 bits per heavy atom. The van der Waals surface area contributed by atoms with E-state index in [1.807, 2.05) is 56.3 Å². The summed E-state index contributed by atoms with van der Waals surface area (Å²) in [5.74, 6) is 2.01. The lowest BCUT2D eigenvalue weighted by atomic mass is 10.1. The number of allylic oxidation sites excluding steroid dienone is 1. The summed E-state index contributed by atoms with van der Waals surface area (Å²) in [5, 5.41) is 22.7. The first kappa shape index (κ1) is 31.9. The van der Waals surface area contributed by atoms with Crippen molar-refractivity contribution in [2.24, 2.45) is 9.98 Å². The van der Waals surface area contributed by atoms with E-state index < -0.39 is 0 Å². The smallest absolute Gasteiger partial charge is 0.251 e. The molecule has 0 radical (unpaired) electrons. The summed E-state index contributed by atoms with van der Waals surface area (Å²) in [7, 11) is 0. The molecule has 8 heteroatoms. The van der Waals surface area contributed by atoms with Gasteiger partial charge in [0.2, 0.25) is 5.96 Å². The number of carbonyl (C=O) groups is 1. The van der Waals surface area contributed by atoms with Crippen LogP contribution in [-0.2, 0) is 6.54 Å². The van der Waals surface area contributed by atoms with Crippen molar-refractivity contribution in [1.29, 1.82) is 0 Å². The van der Waals surface area contributed by atoms with E-state index >= 15 is 0 Å². The number of hydrogen-bond acceptors (Lipinski definition) is 5. The van der Waals surface area contributed by atoms with E-state index in [-0.39, 0.29) is 11.7 Å². The number of phenolic OH excluding ortho intramolecular Hbond substituents is 1. The highest BCUT2D eigenvalue weighted by Gasteiger charge is 2.09. The second-order valence-electron chi connectivity index (χ2n) is 10.1. The van der Waals surface area contributed by atoms with Gasteiger partial charge < -0.3 is 26.4 Å². The number of unbranched alkanes of at least 4 members (excludes halogenated alkanes) is 3. The van der Waals surface area contributed by atoms with Crippen molar-refractivity contribution in [2.75, 3.05) is 17.2 Å². The quantitative estimate of drug-likeness (QED) is 0.0637. The lowest BCUT2D eigenvalue weighted by Crippen LogP contribution is -2.35. The molecule has 0 atom stereocenters. The molecule has 0 aliphatic carbocycles. The molecule has 0 heterocycles. The zero-order chi connectivity index (χ0) is 30.2. The van der Waals surface area contributed by atoms with Gasteiger partial charge in [0.15, 0.2) is 0 Å². The summed E-state index contributed by atoms with van der Waals surface area (Å²) < 4.78 is 0. The summed E-state index contributed by atoms with van der Waals surface area (Å²) in [4.78, 5) is 22.3. The molecule has 222 valence electrons. The van der Waals surface area contributed by atoms with Gasteiger partial charge in [0.05, 0.1) is 5.84 Å². The zero-order valence-corrected chi connectivity index (χ0v) is 25.2. The number of carbonyl (C=O) groups excluding carboxylic acids is 1. The number of amides is 1. The van der Waals surface area contributed by atoms with Crippen LogP contribution in [0.15, 0.2) is 100 Å². The Hall–Kier alpha value is -4.59. The molecule has 0 unspecified atom stereocenters. The van der Waals surface area contributed by atoms with Crippen LogP contribution in [0.3, 0.4) is 0 Å². The molecule has 5 N–H and O–H groups in total. The fraction of sp³-hybridized carbons (Fsp3) is 0.324. The van der Waals surface area contributed by atoms with Crippen LogP contribution in [0.25, 0.3) is 0 Å². The fourth-order valence-electron chi connectivity index (χ4n) is 4.00. The van der Waals surface area contributed by atoms with E-state index in [1.165, 1.54) is 19.3 Å². The molecule has 0 saturated carbocycles. The largest absolute Gasteiger partial charge is 0.508 e. The number of nitrogens with zero attached hydrogens (tertiary/aromatic N) is 2. The van der Waals surface area contributed by atoms with E-state index in [1.54, 1.807) is 36.4 Å². The monoisotopic (exact) mass is 568 g/mol. The Balaban J connectivity index is 1.76. The van der Waals surface area contributed by atoms with Gasteiger partial charge >= 0.3 is 0 Å². The van der Waals surface area contributed by atoms with Crippen LogP contribution in [0.4, 0.5) is 11.4 Å². The van der Waals surface area contributed by atoms with Gasteiger partial charge in [-0.1, -0.05) is 63.4 Å². The minimum Gasteiger partial charge on any atom is -0.508 e. The summed E-state index contributed by atoms with van der Waals surface area (Å²) in [6.07, 6.45) is 5.42. The molecule has 8 nitrogen and oxygen atoms in total. The molecule has 0 aliphatic heterocycles. The summed E-state index contributed by atoms with van der Waals surface area (Å²) in [5.41, 5.74) is 4.27. The maximum atomic E-state index is 12.7. The molecule has 3 aromatic carbocycles. The molecule has 0 bridgehead atoms. The van der Waals surface area contributed by atoms with E-state index in [2.05, 4.69) is 40.1 Å². The second-order valence-corrected chi connectivity index (χ2v) is 10.1. The van der Waals surface area contributed by atoms with Gasteiger partial charge in [-0.05, 0) is 86.4 Å². The van der Waals surface area contributed by atoms with E-state index in [9.17, 15) is 9.90 Å². The Labute approximate surface area is 250 Å². The van der Waals surface area contributed by atoms with Gasteiger partial charge in [0.25, 0.3) is 5.91 Å². The van der Waals surface area contributed by atoms with Crippen molar-refractivity contribution in [3.8, 4) is 5.75 Å². The first-order chi connectivity index (χ1) is 20.4. The second kappa shape index (κ2) is 17.3. The van der Waals surface area contributed by atoms with Crippen molar-refractivity contribution >= 4 is 29.1 Å². The number of aliphatic imine (C=N–C) groups is 2. The van der Waals surface area contributed by atoms with Gasteiger partial charge in [-0.2, -0.15) is 4.99 Å². The zero-order valence-electron chi connectivity index (χ0n) is 25.2. The fourth-order valence-corrected chi connectivity index (χ4v) is 4.00. The number of aromatic hydroxyl groups is 1. The molecular weight excluding hydrogens is 524 g/mol. The van der Waals surface area contributed by atoms with Crippen LogP contribution in [-0.4, -0.2) is 29.4 Å². The topological polar surface area (TPSA) is 110 Å². The van der Waals surface area contributed by atoms with Gasteiger partial charge in [-0.15, -0.1) is 0 Å². The molecule has 0 aliphatic rings. The molecule has 0 aromatic heterocycles. The van der Waals surface area contributed by atoms with Crippen LogP contribution < -0.4 is 21.3 Å².